The third-order valence-electron chi connectivity index (χ3n) is 3.94. The van der Waals surface area contributed by atoms with Crippen molar-refractivity contribution in [3.63, 3.8) is 0 Å². The van der Waals surface area contributed by atoms with E-state index < -0.39 is 0 Å². The number of pyridine rings is 1. The Kier molecular flexibility index (Phi) is 9.73. The van der Waals surface area contributed by atoms with Crippen LogP contribution < -0.4 is 15.4 Å². The Balaban J connectivity index is 0.00000169. The predicted octanol–water partition coefficient (Wildman–Crippen LogP) is 4.24. The molecule has 0 saturated carbocycles. The van der Waals surface area contributed by atoms with Crippen LogP contribution in [0, 0.1) is 0 Å². The second kappa shape index (κ2) is 11.2. The number of aromatic nitrogens is 1. The summed E-state index contributed by atoms with van der Waals surface area (Å²) >= 11 is 6.26. The summed E-state index contributed by atoms with van der Waals surface area (Å²) in [6, 6.07) is 8.94. The van der Waals surface area contributed by atoms with Gasteiger partial charge in [-0.15, -0.1) is 24.8 Å². The van der Waals surface area contributed by atoms with Gasteiger partial charge in [-0.1, -0.05) is 24.1 Å². The van der Waals surface area contributed by atoms with Gasteiger partial charge in [0.1, 0.15) is 12.4 Å². The van der Waals surface area contributed by atoms with Crippen molar-refractivity contribution in [1.82, 2.24) is 10.3 Å². The van der Waals surface area contributed by atoms with Crippen molar-refractivity contribution >= 4 is 48.0 Å². The van der Waals surface area contributed by atoms with Gasteiger partial charge in [-0.05, 0) is 43.7 Å². The number of carbonyl (C=O) groups excluding carboxylic acids is 1. The highest BCUT2D eigenvalue weighted by Crippen LogP contribution is 2.28. The SMILES string of the molecule is Cl.Cl.O=C(Nc1ccc(OCc2cccnc2)c(Cl)c1)[C@H]1CCCCN1. The topological polar surface area (TPSA) is 63.2 Å². The first-order valence-corrected chi connectivity index (χ1v) is 8.46. The van der Waals surface area contributed by atoms with Crippen LogP contribution in [0.15, 0.2) is 42.7 Å². The summed E-state index contributed by atoms with van der Waals surface area (Å²) in [5, 5.41) is 6.60. The lowest BCUT2D eigenvalue weighted by Gasteiger charge is -2.22. The number of amides is 1. The van der Waals surface area contributed by atoms with Crippen LogP contribution in [-0.4, -0.2) is 23.5 Å². The minimum Gasteiger partial charge on any atom is -0.487 e. The van der Waals surface area contributed by atoms with Gasteiger partial charge in [-0.2, -0.15) is 0 Å². The van der Waals surface area contributed by atoms with Gasteiger partial charge in [0.2, 0.25) is 5.91 Å². The Labute approximate surface area is 170 Å². The molecule has 8 heteroatoms. The van der Waals surface area contributed by atoms with Crippen molar-refractivity contribution in [3.8, 4) is 5.75 Å². The molecule has 26 heavy (non-hydrogen) atoms. The molecular formula is C18H22Cl3N3O2. The van der Waals surface area contributed by atoms with Crippen LogP contribution in [0.4, 0.5) is 5.69 Å². The monoisotopic (exact) mass is 417 g/mol. The summed E-state index contributed by atoms with van der Waals surface area (Å²) < 4.78 is 5.70. The lowest BCUT2D eigenvalue weighted by Crippen LogP contribution is -2.43. The second-order valence-corrected chi connectivity index (χ2v) is 6.19. The van der Waals surface area contributed by atoms with Crippen LogP contribution in [-0.2, 0) is 11.4 Å². The second-order valence-electron chi connectivity index (χ2n) is 5.79. The van der Waals surface area contributed by atoms with Gasteiger partial charge < -0.3 is 15.4 Å². The largest absolute Gasteiger partial charge is 0.487 e. The summed E-state index contributed by atoms with van der Waals surface area (Å²) in [6.45, 7) is 1.28. The number of ether oxygens (including phenoxy) is 1. The van der Waals surface area contributed by atoms with Gasteiger partial charge in [-0.25, -0.2) is 0 Å². The summed E-state index contributed by atoms with van der Waals surface area (Å²) in [5.74, 6) is 0.559. The van der Waals surface area contributed by atoms with Gasteiger partial charge in [0.25, 0.3) is 0 Å². The Morgan fingerprint density at radius 1 is 1.31 bits per heavy atom. The molecule has 2 heterocycles. The van der Waals surface area contributed by atoms with Crippen LogP contribution in [0.25, 0.3) is 0 Å². The summed E-state index contributed by atoms with van der Waals surface area (Å²) in [5.41, 5.74) is 1.64. The molecule has 1 saturated heterocycles. The molecule has 0 radical (unpaired) electrons. The van der Waals surface area contributed by atoms with Crippen LogP contribution in [0.1, 0.15) is 24.8 Å². The zero-order valence-electron chi connectivity index (χ0n) is 14.1. The van der Waals surface area contributed by atoms with E-state index in [-0.39, 0.29) is 36.8 Å². The fraction of sp³-hybridized carbons (Fsp3) is 0.333. The lowest BCUT2D eigenvalue weighted by atomic mass is 10.0. The molecule has 0 aliphatic carbocycles. The third kappa shape index (κ3) is 6.32. The van der Waals surface area contributed by atoms with Crippen LogP contribution in [0.5, 0.6) is 5.75 Å². The van der Waals surface area contributed by atoms with Crippen LogP contribution >= 0.6 is 36.4 Å². The van der Waals surface area contributed by atoms with Crippen molar-refractivity contribution in [1.29, 1.82) is 0 Å². The molecule has 1 amide bonds. The van der Waals surface area contributed by atoms with E-state index in [1.54, 1.807) is 30.6 Å². The van der Waals surface area contributed by atoms with E-state index in [1.165, 1.54) is 0 Å². The zero-order chi connectivity index (χ0) is 16.8. The normalized spacial score (nSPS) is 16.0. The highest BCUT2D eigenvalue weighted by atomic mass is 35.5. The van der Waals surface area contributed by atoms with E-state index in [4.69, 9.17) is 16.3 Å². The van der Waals surface area contributed by atoms with Crippen molar-refractivity contribution in [2.75, 3.05) is 11.9 Å². The van der Waals surface area contributed by atoms with Crippen LogP contribution in [0.2, 0.25) is 5.02 Å². The number of anilines is 1. The Hall–Kier alpha value is -1.53. The predicted molar refractivity (Wildman–Crippen MR) is 109 cm³/mol. The standard InChI is InChI=1S/C18H20ClN3O2.2ClH/c19-15-10-14(22-18(23)16-5-1-2-9-21-16)6-7-17(15)24-12-13-4-3-8-20-11-13;;/h3-4,6-8,10-11,16,21H,1-2,5,9,12H2,(H,22,23);2*1H/t16-;;/m1../s1. The number of piperidine rings is 1. The van der Waals surface area contributed by atoms with Gasteiger partial charge in [0, 0.05) is 23.6 Å². The number of carbonyl (C=O) groups is 1. The molecule has 1 aromatic carbocycles. The molecular weight excluding hydrogens is 397 g/mol. The van der Waals surface area contributed by atoms with E-state index in [0.29, 0.717) is 23.1 Å². The van der Waals surface area contributed by atoms with Gasteiger partial charge in [0.05, 0.1) is 11.1 Å². The van der Waals surface area contributed by atoms with Gasteiger partial charge in [0.15, 0.2) is 0 Å². The maximum atomic E-state index is 12.2. The van der Waals surface area contributed by atoms with Crippen molar-refractivity contribution in [2.45, 2.75) is 31.9 Å². The van der Waals surface area contributed by atoms with Crippen molar-refractivity contribution < 1.29 is 9.53 Å². The zero-order valence-corrected chi connectivity index (χ0v) is 16.5. The van der Waals surface area contributed by atoms with Gasteiger partial charge in [-0.3, -0.25) is 9.78 Å². The van der Waals surface area contributed by atoms with Crippen molar-refractivity contribution in [3.05, 3.63) is 53.3 Å². The number of hydrogen-bond acceptors (Lipinski definition) is 4. The first kappa shape index (κ1) is 22.5. The number of benzene rings is 1. The average molecular weight is 419 g/mol. The highest BCUT2D eigenvalue weighted by molar-refractivity contribution is 6.32. The molecule has 0 spiro atoms. The summed E-state index contributed by atoms with van der Waals surface area (Å²) in [4.78, 5) is 16.3. The minimum absolute atomic E-state index is 0. The minimum atomic E-state index is -0.126. The molecule has 142 valence electrons. The first-order valence-electron chi connectivity index (χ1n) is 8.08. The molecule has 2 aromatic rings. The molecule has 1 aromatic heterocycles. The van der Waals surface area contributed by atoms with Gasteiger partial charge >= 0.3 is 0 Å². The number of halogens is 3. The summed E-state index contributed by atoms with van der Waals surface area (Å²) in [6.07, 6.45) is 6.53. The molecule has 1 atom stereocenters. The molecule has 1 fully saturated rings. The number of nitrogens with one attached hydrogen (secondary N) is 2. The quantitative estimate of drug-likeness (QED) is 0.762. The maximum Gasteiger partial charge on any atom is 0.241 e. The number of rotatable bonds is 5. The Morgan fingerprint density at radius 3 is 2.81 bits per heavy atom. The molecule has 1 aliphatic heterocycles. The van der Waals surface area contributed by atoms with E-state index in [0.717, 1.165) is 31.4 Å². The lowest BCUT2D eigenvalue weighted by molar-refractivity contribution is -0.118. The Morgan fingerprint density at radius 2 is 2.15 bits per heavy atom. The van der Waals surface area contributed by atoms with E-state index in [9.17, 15) is 4.79 Å². The number of nitrogens with zero attached hydrogens (tertiary/aromatic N) is 1. The van der Waals surface area contributed by atoms with E-state index in [2.05, 4.69) is 15.6 Å². The molecule has 5 nitrogen and oxygen atoms in total. The molecule has 2 N–H and O–H groups in total. The smallest absolute Gasteiger partial charge is 0.241 e. The average Bonchev–Trinajstić information content (AvgIpc) is 2.62. The van der Waals surface area contributed by atoms with E-state index in [1.807, 2.05) is 12.1 Å². The molecule has 1 aliphatic rings. The molecule has 0 bridgehead atoms. The molecule has 0 unspecified atom stereocenters. The fourth-order valence-corrected chi connectivity index (χ4v) is 2.88. The third-order valence-corrected chi connectivity index (χ3v) is 4.24. The highest BCUT2D eigenvalue weighted by Gasteiger charge is 2.20. The fourth-order valence-electron chi connectivity index (χ4n) is 2.65. The maximum absolute atomic E-state index is 12.2. The van der Waals surface area contributed by atoms with E-state index >= 15 is 0 Å². The van der Waals surface area contributed by atoms with Crippen LogP contribution in [0.3, 0.4) is 0 Å². The van der Waals surface area contributed by atoms with Crippen molar-refractivity contribution in [2.24, 2.45) is 0 Å². The molecule has 3 rings (SSSR count). The number of hydrogen-bond donors (Lipinski definition) is 2. The summed E-state index contributed by atoms with van der Waals surface area (Å²) in [7, 11) is 0. The Bertz CT molecular complexity index is 695. The first-order chi connectivity index (χ1) is 11.7.